The Bertz CT molecular complexity index is 962. The third-order valence-electron chi connectivity index (χ3n) is 5.78. The lowest BCUT2D eigenvalue weighted by Crippen LogP contribution is -2.44. The van der Waals surface area contributed by atoms with Crippen molar-refractivity contribution in [3.8, 4) is 0 Å². The van der Waals surface area contributed by atoms with E-state index < -0.39 is 43.2 Å². The first kappa shape index (κ1) is 39.2. The molecule has 0 aliphatic heterocycles. The molecule has 1 unspecified atom stereocenters. The fraction of sp³-hybridized carbons (Fsp3) is 0.515. The van der Waals surface area contributed by atoms with Crippen LogP contribution in [0.5, 0.6) is 0 Å². The molecule has 0 aliphatic carbocycles. The molecule has 0 radical (unpaired) electrons. The molecule has 10 heteroatoms. The van der Waals surface area contributed by atoms with E-state index in [1.807, 2.05) is 12.2 Å². The molecule has 43 heavy (non-hydrogen) atoms. The molecule has 0 aromatic heterocycles. The van der Waals surface area contributed by atoms with Crippen LogP contribution >= 0.6 is 0 Å². The van der Waals surface area contributed by atoms with Crippen LogP contribution in [0.15, 0.2) is 72.9 Å². The van der Waals surface area contributed by atoms with Crippen LogP contribution in [0, 0.1) is 0 Å². The van der Waals surface area contributed by atoms with Crippen LogP contribution in [-0.2, 0) is 28.7 Å². The number of allylic oxidation sites excluding steroid dienone is 10. The lowest BCUT2D eigenvalue weighted by molar-refractivity contribution is -0.157. The summed E-state index contributed by atoms with van der Waals surface area (Å²) >= 11 is 0. The predicted molar refractivity (Wildman–Crippen MR) is 168 cm³/mol. The Morgan fingerprint density at radius 1 is 0.767 bits per heavy atom. The number of aliphatic hydroxyl groups is 2. The molecule has 0 saturated carbocycles. The van der Waals surface area contributed by atoms with Crippen molar-refractivity contribution >= 4 is 23.8 Å². The van der Waals surface area contributed by atoms with Crippen molar-refractivity contribution in [3.63, 3.8) is 0 Å². The van der Waals surface area contributed by atoms with E-state index in [1.54, 1.807) is 0 Å². The fourth-order valence-electron chi connectivity index (χ4n) is 3.43. The molecule has 0 aromatic rings. The zero-order chi connectivity index (χ0) is 32.0. The van der Waals surface area contributed by atoms with E-state index in [4.69, 9.17) is 4.74 Å². The lowest BCUT2D eigenvalue weighted by atomic mass is 10.1. The van der Waals surface area contributed by atoms with Crippen molar-refractivity contribution in [2.75, 3.05) is 26.9 Å². The van der Waals surface area contributed by atoms with Gasteiger partial charge in [-0.25, -0.2) is 9.59 Å². The molecule has 0 heterocycles. The number of esters is 2. The van der Waals surface area contributed by atoms with E-state index in [9.17, 15) is 29.4 Å². The van der Waals surface area contributed by atoms with E-state index in [1.165, 1.54) is 7.11 Å². The average molecular weight is 603 g/mol. The standard InChI is InChI=1S/C33H50N2O8/c1-3-4-5-6-7-8-9-10-11-12-13-14-15-16-17-18-19-22-31(39)35-29(33(41)43-28(26-36)27-37)21-20-25-34-30(38)23-24-32(40)42-2/h4-5,7-8,10-11,13-14,16-17,23-24,28-29,36-37H,3,6,9,12,15,18-22,25-27H2,1-2H3,(H,34,38)(H,35,39). The number of ether oxygens (including phenoxy) is 2. The minimum Gasteiger partial charge on any atom is -0.466 e. The first-order valence-corrected chi connectivity index (χ1v) is 14.9. The molecule has 10 nitrogen and oxygen atoms in total. The minimum absolute atomic E-state index is 0.157. The van der Waals surface area contributed by atoms with Gasteiger partial charge in [0.25, 0.3) is 0 Å². The second-order valence-electron chi connectivity index (χ2n) is 9.43. The van der Waals surface area contributed by atoms with Gasteiger partial charge in [-0.2, -0.15) is 0 Å². The molecule has 240 valence electrons. The normalized spacial score (nSPS) is 12.9. The van der Waals surface area contributed by atoms with Gasteiger partial charge in [-0.1, -0.05) is 67.7 Å². The number of rotatable bonds is 24. The van der Waals surface area contributed by atoms with Gasteiger partial charge >= 0.3 is 11.9 Å². The monoisotopic (exact) mass is 602 g/mol. The molecular formula is C33H50N2O8. The van der Waals surface area contributed by atoms with Gasteiger partial charge in [-0.15, -0.1) is 0 Å². The summed E-state index contributed by atoms with van der Waals surface area (Å²) in [5, 5.41) is 23.6. The van der Waals surface area contributed by atoms with Gasteiger partial charge in [-0.05, 0) is 57.8 Å². The van der Waals surface area contributed by atoms with Gasteiger partial charge in [-0.3, -0.25) is 9.59 Å². The molecule has 1 atom stereocenters. The smallest absolute Gasteiger partial charge is 0.330 e. The Morgan fingerprint density at radius 2 is 1.33 bits per heavy atom. The quantitative estimate of drug-likeness (QED) is 0.0562. The summed E-state index contributed by atoms with van der Waals surface area (Å²) in [5.41, 5.74) is 0. The van der Waals surface area contributed by atoms with Crippen LogP contribution in [-0.4, -0.2) is 73.0 Å². The zero-order valence-electron chi connectivity index (χ0n) is 25.6. The minimum atomic E-state index is -1.09. The number of carbonyl (C=O) groups is 4. The maximum Gasteiger partial charge on any atom is 0.330 e. The topological polar surface area (TPSA) is 151 Å². The van der Waals surface area contributed by atoms with Crippen LogP contribution in [0.3, 0.4) is 0 Å². The highest BCUT2D eigenvalue weighted by atomic mass is 16.6. The summed E-state index contributed by atoms with van der Waals surface area (Å²) in [6.07, 6.45) is 28.8. The van der Waals surface area contributed by atoms with Crippen LogP contribution in [0.4, 0.5) is 0 Å². The van der Waals surface area contributed by atoms with Gasteiger partial charge in [0, 0.05) is 25.1 Å². The van der Waals surface area contributed by atoms with Crippen LogP contribution < -0.4 is 10.6 Å². The maximum atomic E-state index is 12.5. The molecule has 0 saturated heterocycles. The Kier molecular flexibility index (Phi) is 25.9. The maximum absolute atomic E-state index is 12.5. The van der Waals surface area contributed by atoms with E-state index in [0.717, 1.165) is 44.3 Å². The third-order valence-corrected chi connectivity index (χ3v) is 5.78. The van der Waals surface area contributed by atoms with Crippen molar-refractivity contribution < 1.29 is 38.9 Å². The van der Waals surface area contributed by atoms with Gasteiger partial charge < -0.3 is 30.3 Å². The highest BCUT2D eigenvalue weighted by molar-refractivity contribution is 5.94. The first-order chi connectivity index (χ1) is 20.9. The summed E-state index contributed by atoms with van der Waals surface area (Å²) in [4.78, 5) is 47.8. The molecule has 0 rings (SSSR count). The van der Waals surface area contributed by atoms with Crippen molar-refractivity contribution in [2.24, 2.45) is 0 Å². The Hall–Kier alpha value is -3.76. The second-order valence-corrected chi connectivity index (χ2v) is 9.43. The zero-order valence-corrected chi connectivity index (χ0v) is 25.6. The second kappa shape index (κ2) is 28.4. The molecule has 0 fully saturated rings. The third kappa shape index (κ3) is 24.5. The molecule has 0 aliphatic rings. The average Bonchev–Trinajstić information content (AvgIpc) is 3.01. The van der Waals surface area contributed by atoms with Crippen molar-refractivity contribution in [3.05, 3.63) is 72.9 Å². The molecule has 0 aromatic carbocycles. The fourth-order valence-corrected chi connectivity index (χ4v) is 3.43. The molecule has 0 spiro atoms. The summed E-state index contributed by atoms with van der Waals surface area (Å²) in [6.45, 7) is 1.19. The number of hydrogen-bond donors (Lipinski definition) is 4. The molecular weight excluding hydrogens is 552 g/mol. The van der Waals surface area contributed by atoms with Crippen LogP contribution in [0.2, 0.25) is 0 Å². The number of carbonyl (C=O) groups excluding carboxylic acids is 4. The highest BCUT2D eigenvalue weighted by Gasteiger charge is 2.24. The van der Waals surface area contributed by atoms with E-state index in [2.05, 4.69) is 70.9 Å². The predicted octanol–water partition coefficient (Wildman–Crippen LogP) is 3.91. The van der Waals surface area contributed by atoms with E-state index >= 15 is 0 Å². The summed E-state index contributed by atoms with van der Waals surface area (Å²) in [5.74, 6) is -2.28. The number of methoxy groups -OCH3 is 1. The Balaban J connectivity index is 4.42. The molecule has 0 bridgehead atoms. The van der Waals surface area contributed by atoms with Crippen molar-refractivity contribution in [2.45, 2.75) is 83.3 Å². The van der Waals surface area contributed by atoms with Gasteiger partial charge in [0.1, 0.15) is 12.1 Å². The molecule has 4 N–H and O–H groups in total. The summed E-state index contributed by atoms with van der Waals surface area (Å²) < 4.78 is 9.49. The molecule has 2 amide bonds. The lowest BCUT2D eigenvalue weighted by Gasteiger charge is -2.20. The van der Waals surface area contributed by atoms with Gasteiger partial charge in [0.05, 0.1) is 20.3 Å². The number of nitrogens with one attached hydrogen (secondary N) is 2. The number of amides is 2. The number of aliphatic hydroxyl groups excluding tert-OH is 2. The summed E-state index contributed by atoms with van der Waals surface area (Å²) in [6, 6.07) is -1.01. The van der Waals surface area contributed by atoms with Crippen molar-refractivity contribution in [1.29, 1.82) is 0 Å². The Morgan fingerprint density at radius 3 is 1.86 bits per heavy atom. The van der Waals surface area contributed by atoms with E-state index in [0.29, 0.717) is 19.3 Å². The SMILES string of the molecule is CCC=CCC=CCC=CCC=CCC=CCCCC(=O)NC(CCCNC(=O)C=CC(=O)OC)C(=O)OC(CO)CO. The number of unbranched alkanes of at least 4 members (excludes halogenated alkanes) is 1. The highest BCUT2D eigenvalue weighted by Crippen LogP contribution is 2.06. The van der Waals surface area contributed by atoms with Gasteiger partial charge in [0.15, 0.2) is 0 Å². The number of hydrogen-bond acceptors (Lipinski definition) is 8. The van der Waals surface area contributed by atoms with Crippen molar-refractivity contribution in [1.82, 2.24) is 10.6 Å². The Labute approximate surface area is 256 Å². The van der Waals surface area contributed by atoms with Gasteiger partial charge in [0.2, 0.25) is 11.8 Å². The van der Waals surface area contributed by atoms with Crippen LogP contribution in [0.25, 0.3) is 0 Å². The van der Waals surface area contributed by atoms with Crippen LogP contribution in [0.1, 0.15) is 71.1 Å². The largest absolute Gasteiger partial charge is 0.466 e. The summed E-state index contributed by atoms with van der Waals surface area (Å²) in [7, 11) is 1.20. The van der Waals surface area contributed by atoms with E-state index in [-0.39, 0.29) is 25.3 Å². The first-order valence-electron chi connectivity index (χ1n) is 14.9.